The quantitative estimate of drug-likeness (QED) is 0.0108. The molecular formula is C93H146O43. The highest BCUT2D eigenvalue weighted by Crippen LogP contribution is 2.76. The van der Waals surface area contributed by atoms with Gasteiger partial charge >= 0.3 is 17.9 Å². The smallest absolute Gasteiger partial charge is 0.333 e. The van der Waals surface area contributed by atoms with Gasteiger partial charge in [-0.05, 0) is 163 Å². The molecule has 0 spiro atoms. The Labute approximate surface area is 788 Å². The Kier molecular flexibility index (Phi) is 34.2. The van der Waals surface area contributed by atoms with Gasteiger partial charge in [0.05, 0.1) is 69.2 Å². The van der Waals surface area contributed by atoms with Gasteiger partial charge in [-0.1, -0.05) is 84.4 Å². The summed E-state index contributed by atoms with van der Waals surface area (Å²) >= 11 is 0. The van der Waals surface area contributed by atoms with E-state index in [0.717, 1.165) is 5.57 Å². The molecule has 22 N–H and O–H groups in total. The Morgan fingerprint density at radius 3 is 1.52 bits per heavy atom. The molecule has 8 saturated heterocycles. The predicted molar refractivity (Wildman–Crippen MR) is 460 cm³/mol. The number of fused-ring (bicyclic) bond motifs is 7. The summed E-state index contributed by atoms with van der Waals surface area (Å²) in [5, 5.41) is 249. The minimum absolute atomic E-state index is 0.00171. The number of hydrogen-bond donors (Lipinski definition) is 22. The molecule has 4 saturated carbocycles. The fourth-order valence-corrected chi connectivity index (χ4v) is 23.1. The van der Waals surface area contributed by atoms with Crippen molar-refractivity contribution in [2.45, 2.75) is 411 Å². The summed E-state index contributed by atoms with van der Waals surface area (Å²) in [6, 6.07) is 0. The number of hydrogen-bond acceptors (Lipinski definition) is 43. The Morgan fingerprint density at radius 2 is 0.934 bits per heavy atom. The van der Waals surface area contributed by atoms with Crippen LogP contribution in [0.15, 0.2) is 60.3 Å². The van der Waals surface area contributed by atoms with Gasteiger partial charge in [0.15, 0.2) is 68.6 Å². The average molecular weight is 1950 g/mol. The summed E-state index contributed by atoms with van der Waals surface area (Å²) in [6.07, 6.45) is -58.0. The lowest BCUT2D eigenvalue weighted by Crippen LogP contribution is -2.69. The van der Waals surface area contributed by atoms with E-state index in [-0.39, 0.29) is 67.9 Å². The zero-order chi connectivity index (χ0) is 99.8. The third-order valence-corrected chi connectivity index (χ3v) is 32.1. The van der Waals surface area contributed by atoms with Crippen molar-refractivity contribution in [3.63, 3.8) is 0 Å². The number of ether oxygens (including phenoxy) is 18. The van der Waals surface area contributed by atoms with Crippen molar-refractivity contribution in [1.29, 1.82) is 0 Å². The van der Waals surface area contributed by atoms with E-state index in [2.05, 4.69) is 53.9 Å². The molecule has 13 rings (SSSR count). The molecule has 776 valence electrons. The van der Waals surface area contributed by atoms with Crippen LogP contribution in [0.25, 0.3) is 0 Å². The molecular weight excluding hydrogens is 1800 g/mol. The van der Waals surface area contributed by atoms with E-state index in [1.165, 1.54) is 58.9 Å². The lowest BCUT2D eigenvalue weighted by Gasteiger charge is -2.71. The molecule has 8 aliphatic heterocycles. The molecule has 0 bridgehead atoms. The first-order chi connectivity index (χ1) is 63.6. The summed E-state index contributed by atoms with van der Waals surface area (Å²) in [4.78, 5) is 45.6. The van der Waals surface area contributed by atoms with Gasteiger partial charge in [-0.2, -0.15) is 0 Å². The van der Waals surface area contributed by atoms with Crippen molar-refractivity contribution in [3.8, 4) is 0 Å². The maximum atomic E-state index is 16.8. The van der Waals surface area contributed by atoms with Crippen LogP contribution in [0.1, 0.15) is 167 Å². The lowest BCUT2D eigenvalue weighted by atomic mass is 9.33. The van der Waals surface area contributed by atoms with Gasteiger partial charge in [-0.25, -0.2) is 9.59 Å². The van der Waals surface area contributed by atoms with Crippen molar-refractivity contribution >= 4 is 17.9 Å². The summed E-state index contributed by atoms with van der Waals surface area (Å²) in [5.41, 5.74) is -7.15. The van der Waals surface area contributed by atoms with Crippen molar-refractivity contribution < 1.29 is 212 Å². The molecule has 0 amide bonds. The van der Waals surface area contributed by atoms with Crippen LogP contribution in [0.2, 0.25) is 0 Å². The fraction of sp³-hybridized carbons (Fsp3) is 0.860. The van der Waals surface area contributed by atoms with E-state index in [1.807, 2.05) is 13.8 Å². The van der Waals surface area contributed by atoms with Crippen LogP contribution in [0.5, 0.6) is 0 Å². The maximum absolute atomic E-state index is 16.8. The molecule has 43 heteroatoms. The molecule has 0 radical (unpaired) electrons. The van der Waals surface area contributed by atoms with Gasteiger partial charge in [0.25, 0.3) is 0 Å². The van der Waals surface area contributed by atoms with Gasteiger partial charge in [-0.3, -0.25) is 4.79 Å². The minimum Gasteiger partial charge on any atom is -0.453 e. The van der Waals surface area contributed by atoms with Gasteiger partial charge < -0.3 is 198 Å². The van der Waals surface area contributed by atoms with Gasteiger partial charge in [0.1, 0.15) is 146 Å². The number of esters is 3. The predicted octanol–water partition coefficient (Wildman–Crippen LogP) is -3.80. The summed E-state index contributed by atoms with van der Waals surface area (Å²) in [7, 11) is 0. The van der Waals surface area contributed by atoms with Crippen LogP contribution in [-0.2, 0) is 99.6 Å². The number of aliphatic hydroxyl groups excluding tert-OH is 20. The number of carbonyl (C=O) groups excluding carboxylic acids is 3. The molecule has 47 atom stereocenters. The Bertz CT molecular complexity index is 4170. The Hall–Kier alpha value is -4.37. The first-order valence-electron chi connectivity index (χ1n) is 47.2. The monoisotopic (exact) mass is 1950 g/mol. The van der Waals surface area contributed by atoms with Gasteiger partial charge in [0.2, 0.25) is 6.29 Å². The van der Waals surface area contributed by atoms with Crippen LogP contribution < -0.4 is 0 Å². The van der Waals surface area contributed by atoms with Crippen molar-refractivity contribution in [1.82, 2.24) is 0 Å². The number of aliphatic hydroxyl groups is 22. The zero-order valence-corrected chi connectivity index (χ0v) is 78.8. The molecule has 12 fully saturated rings. The highest BCUT2D eigenvalue weighted by atomic mass is 16.8. The summed E-state index contributed by atoms with van der Waals surface area (Å²) in [6.45, 7) is 25.6. The summed E-state index contributed by atoms with van der Waals surface area (Å²) < 4.78 is 109. The van der Waals surface area contributed by atoms with Gasteiger partial charge in [-0.15, -0.1) is 13.2 Å². The highest BCUT2D eigenvalue weighted by Gasteiger charge is 2.73. The zero-order valence-electron chi connectivity index (χ0n) is 78.8. The normalized spacial score (nSPS) is 48.5. The Balaban J connectivity index is 0.793. The summed E-state index contributed by atoms with van der Waals surface area (Å²) in [5.74, 6) is -4.35. The maximum Gasteiger partial charge on any atom is 0.333 e. The molecule has 0 aromatic rings. The average Bonchev–Trinajstić information content (AvgIpc) is 0.668. The van der Waals surface area contributed by atoms with E-state index in [9.17, 15) is 122 Å². The second-order valence-electron chi connectivity index (χ2n) is 42.3. The first-order valence-corrected chi connectivity index (χ1v) is 47.2. The number of carbonyl (C=O) groups is 3. The lowest BCUT2D eigenvalue weighted by molar-refractivity contribution is -0.403. The minimum atomic E-state index is -2.43. The third kappa shape index (κ3) is 21.7. The van der Waals surface area contributed by atoms with Crippen LogP contribution in [0, 0.1) is 50.2 Å². The second kappa shape index (κ2) is 42.7. The van der Waals surface area contributed by atoms with E-state index in [1.54, 1.807) is 0 Å². The standard InChI is InChI=1S/C93H146O43/c1-15-88(10,117)25-17-19-39(3)74(113)129-69-59(104)49(38-124-83-72(61(106)54(99)41(5)125-83)130-75(114)40(4)20-18-26-89(11,118)16-2)127-84(73(69)134-81-66(111)62(107)70(76(115)135-81)132-79-67(112)68(47(97)36-121-79)131-77-63(108)55(100)44(94)33-119-77)136-85(116)93-30-29-86(6,7)31-43(93)42-21-22-51-90(12)27-24-53(87(8,9)50(90)23-28-91(51,13)92(42,14)32-52(93)98)128-80-65(110)60(105)58(103)48(126-80)37-123-82-71(57(102)46(96)35-122-82)133-78-64(109)56(101)45(95)34-120-78/h15-16,19-21,41,43-73,76-84,94-112,115,117-118H,1-2,17-18,22-38H2,3-14H3/b39-19+,40-20+. The highest BCUT2D eigenvalue weighted by molar-refractivity contribution is 5.88. The number of allylic oxidation sites excluding steroid dienone is 4. The van der Waals surface area contributed by atoms with Crippen molar-refractivity contribution in [2.75, 3.05) is 39.6 Å². The fourth-order valence-electron chi connectivity index (χ4n) is 23.1. The molecule has 0 aromatic heterocycles. The van der Waals surface area contributed by atoms with E-state index in [0.29, 0.717) is 38.5 Å². The topological polar surface area (TPSA) is 662 Å². The number of rotatable bonds is 30. The molecule has 0 aromatic carbocycles. The molecule has 47 unspecified atom stereocenters. The van der Waals surface area contributed by atoms with Crippen LogP contribution in [-0.4, -0.2) is 415 Å². The van der Waals surface area contributed by atoms with Crippen LogP contribution in [0.3, 0.4) is 0 Å². The second-order valence-corrected chi connectivity index (χ2v) is 42.3. The SMILES string of the molecule is C=CC(C)(O)CC/C=C(\C)C(=O)OC1C(OCC2OC(OC(=O)C34CCC(C)(C)CC3C3=CCC5C6(C)CCC(OC7OC(COC8OCC(O)C(O)C8OC8OCC(O)C(O)C8O)C(O)C(O)C7O)C(C)(C)C6CCC5(C)C3(C)CC4O)C(OC3OC(O)C(OC4OCC(O)C(OC5OCC(O)C(O)C5O)C4O)C(O)C3O)C(OC(=O)/C(C)=C/CCC(C)(O)C=C)C2O)OC(C)C(O)C1O. The van der Waals surface area contributed by atoms with Gasteiger partial charge in [0, 0.05) is 11.1 Å². The first kappa shape index (κ1) is 109. The Morgan fingerprint density at radius 1 is 0.449 bits per heavy atom. The van der Waals surface area contributed by atoms with Crippen molar-refractivity contribution in [3.05, 3.63) is 60.3 Å². The van der Waals surface area contributed by atoms with Crippen LogP contribution in [0.4, 0.5) is 0 Å². The largest absolute Gasteiger partial charge is 0.453 e. The molecule has 13 aliphatic rings. The van der Waals surface area contributed by atoms with E-state index in [4.69, 9.17) is 85.3 Å². The van der Waals surface area contributed by atoms with Crippen molar-refractivity contribution in [2.24, 2.45) is 50.2 Å². The van der Waals surface area contributed by atoms with E-state index >= 15 is 4.79 Å². The molecule has 5 aliphatic carbocycles. The third-order valence-electron chi connectivity index (χ3n) is 32.1. The molecule has 43 nitrogen and oxygen atoms in total. The molecule has 136 heavy (non-hydrogen) atoms. The van der Waals surface area contributed by atoms with E-state index < -0.39 is 341 Å². The van der Waals surface area contributed by atoms with Crippen LogP contribution >= 0.6 is 0 Å². The molecule has 8 heterocycles.